The number of aromatic carboxylic acids is 1. The predicted octanol–water partition coefficient (Wildman–Crippen LogP) is 2.14. The van der Waals surface area contributed by atoms with Gasteiger partial charge in [0.05, 0.1) is 17.3 Å². The van der Waals surface area contributed by atoms with E-state index < -0.39 is 12.1 Å². The summed E-state index contributed by atoms with van der Waals surface area (Å²) in [6, 6.07) is 4.98. The molecular weight excluding hydrogens is 228 g/mol. The van der Waals surface area contributed by atoms with Gasteiger partial charge in [-0.25, -0.2) is 9.59 Å². The summed E-state index contributed by atoms with van der Waals surface area (Å²) in [5.74, 6) is -1.10. The van der Waals surface area contributed by atoms with Crippen molar-refractivity contribution in [2.75, 3.05) is 6.61 Å². The second kappa shape index (κ2) is 5.59. The Kier molecular flexibility index (Phi) is 4.15. The Bertz CT molecular complexity index is 452. The molecule has 0 aliphatic heterocycles. The minimum absolute atomic E-state index is 0.0401. The first-order valence-corrected chi connectivity index (χ1v) is 4.73. The van der Waals surface area contributed by atoms with Gasteiger partial charge in [0.15, 0.2) is 0 Å². The molecule has 0 unspecified atom stereocenters. The highest BCUT2D eigenvalue weighted by atomic mass is 16.6. The van der Waals surface area contributed by atoms with Gasteiger partial charge in [0.1, 0.15) is 0 Å². The Balaban J connectivity index is 2.86. The summed E-state index contributed by atoms with van der Waals surface area (Å²) >= 11 is 0. The molecule has 0 aliphatic rings. The van der Waals surface area contributed by atoms with Crippen LogP contribution in [0, 0.1) is 5.21 Å². The smallest absolute Gasteiger partial charge is 0.492 e. The van der Waals surface area contributed by atoms with Crippen molar-refractivity contribution in [2.24, 2.45) is 5.11 Å². The molecule has 1 aromatic rings. The highest BCUT2D eigenvalue weighted by molar-refractivity contribution is 5.87. The van der Waals surface area contributed by atoms with E-state index in [1.807, 2.05) is 0 Å². The van der Waals surface area contributed by atoms with E-state index >= 15 is 0 Å². The maximum Gasteiger partial charge on any atom is 0.492 e. The van der Waals surface area contributed by atoms with E-state index in [1.54, 1.807) is 6.92 Å². The molecule has 1 aromatic carbocycles. The molecule has 1 N–H and O–H groups in total. The number of carbonyl (C=O) groups excluding carboxylic acids is 1. The third-order valence-corrected chi connectivity index (χ3v) is 1.78. The van der Waals surface area contributed by atoms with Gasteiger partial charge in [0, 0.05) is 12.1 Å². The van der Waals surface area contributed by atoms with Gasteiger partial charge in [-0.3, -0.25) is 0 Å². The number of benzene rings is 1. The summed E-state index contributed by atoms with van der Waals surface area (Å²) in [6.07, 6.45) is -0.996. The number of hydrogen-bond acceptors (Lipinski definition) is 4. The average molecular weight is 238 g/mol. The molecule has 0 atom stereocenters. The van der Waals surface area contributed by atoms with Crippen LogP contribution >= 0.6 is 0 Å². The van der Waals surface area contributed by atoms with E-state index in [2.05, 4.69) is 9.85 Å². The van der Waals surface area contributed by atoms with E-state index in [9.17, 15) is 14.8 Å². The zero-order valence-corrected chi connectivity index (χ0v) is 8.99. The monoisotopic (exact) mass is 238 g/mol. The van der Waals surface area contributed by atoms with Crippen LogP contribution < -0.4 is 0 Å². The van der Waals surface area contributed by atoms with Gasteiger partial charge in [-0.2, -0.15) is 0 Å². The molecule has 0 saturated carbocycles. The van der Waals surface area contributed by atoms with Gasteiger partial charge in [-0.05, 0) is 23.9 Å². The maximum atomic E-state index is 11.3. The van der Waals surface area contributed by atoms with E-state index in [-0.39, 0.29) is 22.7 Å². The normalized spacial score (nSPS) is 11.0. The predicted molar refractivity (Wildman–Crippen MR) is 56.1 cm³/mol. The third-order valence-electron chi connectivity index (χ3n) is 1.78. The van der Waals surface area contributed by atoms with Crippen molar-refractivity contribution in [3.8, 4) is 0 Å². The van der Waals surface area contributed by atoms with Crippen LogP contribution in [0.1, 0.15) is 17.3 Å². The van der Waals surface area contributed by atoms with Crippen molar-refractivity contribution in [3.05, 3.63) is 35.0 Å². The van der Waals surface area contributed by atoms with E-state index in [0.717, 1.165) is 0 Å². The number of ether oxygens (including phenoxy) is 1. The lowest BCUT2D eigenvalue weighted by atomic mass is 10.2. The Morgan fingerprint density at radius 2 is 2.00 bits per heavy atom. The van der Waals surface area contributed by atoms with Crippen molar-refractivity contribution >= 4 is 17.7 Å². The van der Waals surface area contributed by atoms with Gasteiger partial charge >= 0.3 is 12.1 Å². The average Bonchev–Trinajstić information content (AvgIpc) is 2.29. The molecule has 0 aliphatic carbocycles. The molecule has 0 spiro atoms. The number of hydrogen-bond donors (Lipinski definition) is 1. The van der Waals surface area contributed by atoms with E-state index in [1.165, 1.54) is 24.3 Å². The first kappa shape index (κ1) is 12.6. The first-order valence-electron chi connectivity index (χ1n) is 4.73. The minimum Gasteiger partial charge on any atom is -0.594 e. The van der Waals surface area contributed by atoms with Crippen LogP contribution in [-0.2, 0) is 4.74 Å². The minimum atomic E-state index is -1.10. The Morgan fingerprint density at radius 3 is 2.47 bits per heavy atom. The number of carbonyl (C=O) groups is 2. The molecular formula is C10H10N2O5. The molecule has 0 radical (unpaired) electrons. The molecule has 0 aromatic heterocycles. The van der Waals surface area contributed by atoms with Gasteiger partial charge in [-0.15, -0.1) is 0 Å². The van der Waals surface area contributed by atoms with Crippen molar-refractivity contribution < 1.29 is 24.3 Å². The lowest BCUT2D eigenvalue weighted by Crippen LogP contribution is -2.03. The lowest BCUT2D eigenvalue weighted by Gasteiger charge is -1.99. The standard InChI is InChI=1S/C10H10N2O5/c1-2-17-10(15)11-12(16)8-5-3-7(4-6-8)9(13)14/h3-6H,2H2,1H3,(H,13,14)/b12-11-. The second-order valence-corrected chi connectivity index (χ2v) is 2.92. The van der Waals surface area contributed by atoms with Gasteiger partial charge in [0.25, 0.3) is 0 Å². The highest BCUT2D eigenvalue weighted by Crippen LogP contribution is 2.13. The molecule has 0 heterocycles. The molecule has 17 heavy (non-hydrogen) atoms. The molecule has 7 heteroatoms. The summed E-state index contributed by atoms with van der Waals surface area (Å²) in [7, 11) is 0. The number of rotatable bonds is 3. The zero-order chi connectivity index (χ0) is 12.8. The highest BCUT2D eigenvalue weighted by Gasteiger charge is 2.10. The van der Waals surface area contributed by atoms with Crippen molar-refractivity contribution in [2.45, 2.75) is 6.92 Å². The second-order valence-electron chi connectivity index (χ2n) is 2.92. The van der Waals surface area contributed by atoms with Crippen LogP contribution in [-0.4, -0.2) is 28.6 Å². The third kappa shape index (κ3) is 3.56. The van der Waals surface area contributed by atoms with Crippen LogP contribution in [0.3, 0.4) is 0 Å². The van der Waals surface area contributed by atoms with Crippen molar-refractivity contribution in [3.63, 3.8) is 0 Å². The first-order chi connectivity index (χ1) is 8.04. The quantitative estimate of drug-likeness (QED) is 0.493. The Labute approximate surface area is 96.5 Å². The number of azo groups is 1. The van der Waals surface area contributed by atoms with Gasteiger partial charge in [0.2, 0.25) is 5.69 Å². The van der Waals surface area contributed by atoms with Gasteiger partial charge in [-0.1, -0.05) is 0 Å². The van der Waals surface area contributed by atoms with E-state index in [0.29, 0.717) is 0 Å². The molecule has 0 saturated heterocycles. The summed E-state index contributed by atoms with van der Waals surface area (Å²) in [5, 5.41) is 23.0. The molecule has 0 bridgehead atoms. The topological polar surface area (TPSA) is 102 Å². The molecule has 1 rings (SSSR count). The van der Waals surface area contributed by atoms with Gasteiger partial charge < -0.3 is 15.1 Å². The SMILES string of the molecule is CCOC(=O)/N=[N+](\[O-])c1ccc(C(=O)O)cc1. The molecule has 0 fully saturated rings. The van der Waals surface area contributed by atoms with Crippen LogP contribution in [0.4, 0.5) is 10.5 Å². The lowest BCUT2D eigenvalue weighted by molar-refractivity contribution is -0.436. The van der Waals surface area contributed by atoms with Crippen LogP contribution in [0.2, 0.25) is 0 Å². The summed E-state index contributed by atoms with van der Waals surface area (Å²) in [5.41, 5.74) is 0.0846. The van der Waals surface area contributed by atoms with Crippen molar-refractivity contribution in [1.82, 2.24) is 0 Å². The fourth-order valence-corrected chi connectivity index (χ4v) is 1.02. The zero-order valence-electron chi connectivity index (χ0n) is 8.99. The summed E-state index contributed by atoms with van der Waals surface area (Å²) < 4.78 is 4.45. The van der Waals surface area contributed by atoms with Crippen LogP contribution in [0.25, 0.3) is 0 Å². The number of nitrogens with zero attached hydrogens (tertiary/aromatic N) is 2. The number of amides is 1. The fraction of sp³-hybridized carbons (Fsp3) is 0.200. The molecule has 90 valence electrons. The Hall–Kier alpha value is -2.44. The van der Waals surface area contributed by atoms with Crippen LogP contribution in [0.5, 0.6) is 0 Å². The number of carboxylic acid groups (broad SMARTS) is 1. The molecule has 1 amide bonds. The van der Waals surface area contributed by atoms with E-state index in [4.69, 9.17) is 5.11 Å². The largest absolute Gasteiger partial charge is 0.594 e. The van der Waals surface area contributed by atoms with Crippen LogP contribution in [0.15, 0.2) is 29.4 Å². The maximum absolute atomic E-state index is 11.3. The summed E-state index contributed by atoms with van der Waals surface area (Å²) in [6.45, 7) is 1.71. The molecule has 7 nitrogen and oxygen atoms in total. The number of carboxylic acids is 1. The Morgan fingerprint density at radius 1 is 1.41 bits per heavy atom. The fourth-order valence-electron chi connectivity index (χ4n) is 1.02. The van der Waals surface area contributed by atoms with Crippen molar-refractivity contribution in [1.29, 1.82) is 0 Å². The summed E-state index contributed by atoms with van der Waals surface area (Å²) in [4.78, 5) is 21.5.